The summed E-state index contributed by atoms with van der Waals surface area (Å²) in [5, 5.41) is 6.48. The van der Waals surface area contributed by atoms with E-state index in [-0.39, 0.29) is 11.8 Å². The Kier molecular flexibility index (Phi) is 3.08. The van der Waals surface area contributed by atoms with Crippen molar-refractivity contribution >= 4 is 11.6 Å². The topological polar surface area (TPSA) is 41.1 Å². The first-order valence-corrected chi connectivity index (χ1v) is 6.88. The standard InChI is InChI=1S/C15H20N2O/c1-10(11-5-6-11)15(18)17-14-4-2-3-12-7-8-16-9-13(12)14/h2-4,10-11,16H,5-9H2,1H3,(H,17,18). The van der Waals surface area contributed by atoms with E-state index in [9.17, 15) is 4.79 Å². The fraction of sp³-hybridized carbons (Fsp3) is 0.533. The van der Waals surface area contributed by atoms with Gasteiger partial charge in [0.05, 0.1) is 0 Å². The van der Waals surface area contributed by atoms with Gasteiger partial charge in [-0.2, -0.15) is 0 Å². The number of anilines is 1. The number of nitrogens with one attached hydrogen (secondary N) is 2. The summed E-state index contributed by atoms with van der Waals surface area (Å²) >= 11 is 0. The van der Waals surface area contributed by atoms with Gasteiger partial charge in [-0.1, -0.05) is 19.1 Å². The molecule has 1 amide bonds. The Morgan fingerprint density at radius 3 is 3.06 bits per heavy atom. The Labute approximate surface area is 108 Å². The molecule has 0 spiro atoms. The molecular weight excluding hydrogens is 224 g/mol. The molecule has 1 aliphatic carbocycles. The first-order valence-electron chi connectivity index (χ1n) is 6.88. The van der Waals surface area contributed by atoms with E-state index in [2.05, 4.69) is 16.7 Å². The molecule has 96 valence electrons. The van der Waals surface area contributed by atoms with Crippen LogP contribution in [0.1, 0.15) is 30.9 Å². The zero-order chi connectivity index (χ0) is 12.5. The van der Waals surface area contributed by atoms with E-state index in [1.807, 2.05) is 19.1 Å². The first-order chi connectivity index (χ1) is 8.75. The fourth-order valence-corrected chi connectivity index (χ4v) is 2.69. The molecule has 1 unspecified atom stereocenters. The maximum absolute atomic E-state index is 12.1. The van der Waals surface area contributed by atoms with Crippen LogP contribution in [0, 0.1) is 11.8 Å². The SMILES string of the molecule is CC(C(=O)Nc1cccc2c1CNCC2)C1CC1. The van der Waals surface area contributed by atoms with Crippen LogP contribution in [0.5, 0.6) is 0 Å². The number of carbonyl (C=O) groups excluding carboxylic acids is 1. The highest BCUT2D eigenvalue weighted by molar-refractivity contribution is 5.93. The van der Waals surface area contributed by atoms with E-state index in [1.165, 1.54) is 24.0 Å². The Bertz CT molecular complexity index is 466. The van der Waals surface area contributed by atoms with E-state index < -0.39 is 0 Å². The van der Waals surface area contributed by atoms with Crippen molar-refractivity contribution in [2.45, 2.75) is 32.7 Å². The predicted molar refractivity (Wildman–Crippen MR) is 72.4 cm³/mol. The molecule has 1 saturated carbocycles. The average Bonchev–Trinajstić information content (AvgIpc) is 3.22. The number of carbonyl (C=O) groups is 1. The summed E-state index contributed by atoms with van der Waals surface area (Å²) in [4.78, 5) is 12.1. The maximum atomic E-state index is 12.1. The molecule has 2 aliphatic rings. The summed E-state index contributed by atoms with van der Waals surface area (Å²) in [6, 6.07) is 6.22. The van der Waals surface area contributed by atoms with Gasteiger partial charge in [-0.15, -0.1) is 0 Å². The van der Waals surface area contributed by atoms with Crippen LogP contribution in [0.15, 0.2) is 18.2 Å². The highest BCUT2D eigenvalue weighted by atomic mass is 16.1. The number of benzene rings is 1. The second-order valence-corrected chi connectivity index (χ2v) is 5.49. The van der Waals surface area contributed by atoms with Crippen LogP contribution in [0.4, 0.5) is 5.69 Å². The lowest BCUT2D eigenvalue weighted by molar-refractivity contribution is -0.119. The van der Waals surface area contributed by atoms with Gasteiger partial charge in [0.1, 0.15) is 0 Å². The summed E-state index contributed by atoms with van der Waals surface area (Å²) in [7, 11) is 0. The van der Waals surface area contributed by atoms with Gasteiger partial charge >= 0.3 is 0 Å². The van der Waals surface area contributed by atoms with Gasteiger partial charge in [-0.3, -0.25) is 4.79 Å². The molecule has 0 bridgehead atoms. The molecule has 3 rings (SSSR count). The molecule has 0 aromatic heterocycles. The molecule has 18 heavy (non-hydrogen) atoms. The van der Waals surface area contributed by atoms with Crippen LogP contribution >= 0.6 is 0 Å². The average molecular weight is 244 g/mol. The van der Waals surface area contributed by atoms with Gasteiger partial charge in [-0.25, -0.2) is 0 Å². The number of hydrogen-bond acceptors (Lipinski definition) is 2. The molecule has 2 N–H and O–H groups in total. The quantitative estimate of drug-likeness (QED) is 0.856. The Balaban J connectivity index is 1.77. The van der Waals surface area contributed by atoms with Gasteiger partial charge < -0.3 is 10.6 Å². The van der Waals surface area contributed by atoms with E-state index >= 15 is 0 Å². The van der Waals surface area contributed by atoms with Crippen molar-refractivity contribution in [3.05, 3.63) is 29.3 Å². The minimum atomic E-state index is 0.150. The fourth-order valence-electron chi connectivity index (χ4n) is 2.69. The largest absolute Gasteiger partial charge is 0.326 e. The third-order valence-corrected chi connectivity index (χ3v) is 4.15. The van der Waals surface area contributed by atoms with Crippen molar-refractivity contribution in [2.24, 2.45) is 11.8 Å². The van der Waals surface area contributed by atoms with Crippen LogP contribution in [0.3, 0.4) is 0 Å². The molecule has 1 fully saturated rings. The van der Waals surface area contributed by atoms with E-state index in [0.717, 1.165) is 25.2 Å². The highest BCUT2D eigenvalue weighted by Crippen LogP contribution is 2.37. The molecular formula is C15H20N2O. The molecule has 3 heteroatoms. The molecule has 3 nitrogen and oxygen atoms in total. The number of hydrogen-bond donors (Lipinski definition) is 2. The molecule has 1 aromatic carbocycles. The van der Waals surface area contributed by atoms with Crippen LogP contribution in [-0.4, -0.2) is 12.5 Å². The third kappa shape index (κ3) is 2.27. The summed E-state index contributed by atoms with van der Waals surface area (Å²) in [5.74, 6) is 0.941. The lowest BCUT2D eigenvalue weighted by Crippen LogP contribution is -2.27. The Hall–Kier alpha value is -1.35. The van der Waals surface area contributed by atoms with E-state index in [1.54, 1.807) is 0 Å². The molecule has 1 aliphatic heterocycles. The zero-order valence-corrected chi connectivity index (χ0v) is 10.8. The number of rotatable bonds is 3. The third-order valence-electron chi connectivity index (χ3n) is 4.15. The molecule has 1 aromatic rings. The maximum Gasteiger partial charge on any atom is 0.227 e. The number of amides is 1. The van der Waals surface area contributed by atoms with Crippen LogP contribution in [0.2, 0.25) is 0 Å². The van der Waals surface area contributed by atoms with Crippen molar-refractivity contribution in [3.8, 4) is 0 Å². The summed E-state index contributed by atoms with van der Waals surface area (Å²) in [6.07, 6.45) is 3.48. The minimum absolute atomic E-state index is 0.150. The molecule has 1 atom stereocenters. The highest BCUT2D eigenvalue weighted by Gasteiger charge is 2.32. The van der Waals surface area contributed by atoms with Crippen LogP contribution in [0.25, 0.3) is 0 Å². The molecule has 0 radical (unpaired) electrons. The summed E-state index contributed by atoms with van der Waals surface area (Å²) in [5.41, 5.74) is 3.63. The van der Waals surface area contributed by atoms with Crippen molar-refractivity contribution in [3.63, 3.8) is 0 Å². The van der Waals surface area contributed by atoms with Crippen molar-refractivity contribution < 1.29 is 4.79 Å². The van der Waals surface area contributed by atoms with Crippen molar-refractivity contribution in [1.82, 2.24) is 5.32 Å². The van der Waals surface area contributed by atoms with Crippen molar-refractivity contribution in [2.75, 3.05) is 11.9 Å². The lowest BCUT2D eigenvalue weighted by atomic mass is 9.98. The normalized spacial score (nSPS) is 20.1. The van der Waals surface area contributed by atoms with Crippen LogP contribution in [-0.2, 0) is 17.8 Å². The van der Waals surface area contributed by atoms with Gasteiger partial charge in [0.15, 0.2) is 0 Å². The van der Waals surface area contributed by atoms with Gasteiger partial charge in [-0.05, 0) is 48.9 Å². The Morgan fingerprint density at radius 1 is 1.44 bits per heavy atom. The monoisotopic (exact) mass is 244 g/mol. The first kappa shape index (κ1) is 11.7. The minimum Gasteiger partial charge on any atom is -0.326 e. The van der Waals surface area contributed by atoms with Gasteiger partial charge in [0.25, 0.3) is 0 Å². The van der Waals surface area contributed by atoms with Crippen LogP contribution < -0.4 is 10.6 Å². The van der Waals surface area contributed by atoms with Gasteiger partial charge in [0.2, 0.25) is 5.91 Å². The van der Waals surface area contributed by atoms with E-state index in [0.29, 0.717) is 5.92 Å². The molecule has 0 saturated heterocycles. The van der Waals surface area contributed by atoms with Crippen molar-refractivity contribution in [1.29, 1.82) is 0 Å². The van der Waals surface area contributed by atoms with Gasteiger partial charge in [0, 0.05) is 18.2 Å². The predicted octanol–water partition coefficient (Wildman–Crippen LogP) is 2.32. The zero-order valence-electron chi connectivity index (χ0n) is 10.8. The van der Waals surface area contributed by atoms with E-state index in [4.69, 9.17) is 0 Å². The Morgan fingerprint density at radius 2 is 2.28 bits per heavy atom. The summed E-state index contributed by atoms with van der Waals surface area (Å²) in [6.45, 7) is 3.94. The number of fused-ring (bicyclic) bond motifs is 1. The second kappa shape index (κ2) is 4.73. The lowest BCUT2D eigenvalue weighted by Gasteiger charge is -2.21. The molecule has 1 heterocycles. The second-order valence-electron chi connectivity index (χ2n) is 5.49. The summed E-state index contributed by atoms with van der Waals surface area (Å²) < 4.78 is 0. The smallest absolute Gasteiger partial charge is 0.227 e.